The molecule has 0 fully saturated rings. The van der Waals surface area contributed by atoms with Gasteiger partial charge in [-0.25, -0.2) is 0 Å². The molecule has 1 heteroatoms. The Hall–Kier alpha value is -0.157. The van der Waals surface area contributed by atoms with Crippen molar-refractivity contribution in [3.05, 3.63) is 48.6 Å². The van der Waals surface area contributed by atoms with Gasteiger partial charge in [-0.3, -0.25) is 0 Å². The molecule has 0 aliphatic heterocycles. The maximum atomic E-state index is 2.69. The molecule has 0 bridgehead atoms. The second-order valence-corrected chi connectivity index (χ2v) is 19.9. The molecular formula is C20H32Zr. The predicted molar refractivity (Wildman–Crippen MR) is 92.7 cm³/mol. The molecule has 2 aliphatic carbocycles. The molecule has 0 spiro atoms. The van der Waals surface area contributed by atoms with E-state index >= 15 is 0 Å². The van der Waals surface area contributed by atoms with E-state index in [1.54, 1.807) is 0 Å². The third-order valence-corrected chi connectivity index (χ3v) is 20.3. The van der Waals surface area contributed by atoms with E-state index < -0.39 is 20.3 Å². The van der Waals surface area contributed by atoms with Crippen LogP contribution < -0.4 is 0 Å². The fraction of sp³-hybridized carbons (Fsp3) is 0.600. The minimum absolute atomic E-state index is 0.414. The summed E-state index contributed by atoms with van der Waals surface area (Å²) in [5.41, 5.74) is 0. The SMILES string of the molecule is CCCC[C]1([Zr]([CH3])([CH3])[C]2(CCCC)C=CC=C2)C=CC=C1. The van der Waals surface area contributed by atoms with Gasteiger partial charge >= 0.3 is 137 Å². The molecule has 0 aromatic carbocycles. The van der Waals surface area contributed by atoms with E-state index in [9.17, 15) is 0 Å². The summed E-state index contributed by atoms with van der Waals surface area (Å²) < 4.78 is 6.22. The molecule has 0 amide bonds. The fourth-order valence-corrected chi connectivity index (χ4v) is 15.3. The molecule has 116 valence electrons. The van der Waals surface area contributed by atoms with Gasteiger partial charge < -0.3 is 0 Å². The Morgan fingerprint density at radius 1 is 0.667 bits per heavy atom. The molecule has 0 aromatic heterocycles. The number of hydrogen-bond donors (Lipinski definition) is 0. The van der Waals surface area contributed by atoms with E-state index in [0.717, 1.165) is 0 Å². The van der Waals surface area contributed by atoms with Crippen LogP contribution in [-0.2, 0) is 20.3 Å². The van der Waals surface area contributed by atoms with Crippen LogP contribution in [0.4, 0.5) is 0 Å². The summed E-state index contributed by atoms with van der Waals surface area (Å²) in [7, 11) is 0. The monoisotopic (exact) mass is 362 g/mol. The molecular weight excluding hydrogens is 331 g/mol. The van der Waals surface area contributed by atoms with Crippen LogP contribution in [0.3, 0.4) is 0 Å². The molecule has 0 unspecified atom stereocenters. The Kier molecular flexibility index (Phi) is 5.69. The second kappa shape index (κ2) is 6.95. The Morgan fingerprint density at radius 3 is 1.29 bits per heavy atom. The van der Waals surface area contributed by atoms with Gasteiger partial charge in [0.15, 0.2) is 0 Å². The van der Waals surface area contributed by atoms with E-state index in [0.29, 0.717) is 6.25 Å². The third-order valence-electron chi connectivity index (χ3n) is 6.01. The number of unbranched alkanes of at least 4 members (excludes halogenated alkanes) is 2. The number of rotatable bonds is 8. The molecule has 0 aromatic rings. The first-order chi connectivity index (χ1) is 10.0. The van der Waals surface area contributed by atoms with E-state index in [2.05, 4.69) is 71.7 Å². The third kappa shape index (κ3) is 3.01. The van der Waals surface area contributed by atoms with Crippen LogP contribution in [0.5, 0.6) is 0 Å². The summed E-state index contributed by atoms with van der Waals surface area (Å²) in [6.45, 7) is 4.64. The standard InChI is InChI=1S/2C9H13.2CH3.Zr/c2*1-2-3-6-9-7-4-5-8-9;;;/h2*4-5,7-8H,2-3,6H2,1H3;2*1H3;. The molecule has 0 saturated carbocycles. The van der Waals surface area contributed by atoms with E-state index in [-0.39, 0.29) is 0 Å². The van der Waals surface area contributed by atoms with Gasteiger partial charge in [0.1, 0.15) is 0 Å². The van der Waals surface area contributed by atoms with Gasteiger partial charge in [0.25, 0.3) is 0 Å². The van der Waals surface area contributed by atoms with Crippen LogP contribution in [0.1, 0.15) is 52.4 Å². The maximum absolute atomic E-state index is 2.69. The molecule has 0 radical (unpaired) electrons. The first-order valence-corrected chi connectivity index (χ1v) is 16.2. The summed E-state index contributed by atoms with van der Waals surface area (Å²) in [6, 6.07) is 0. The first kappa shape index (κ1) is 17.2. The van der Waals surface area contributed by atoms with Gasteiger partial charge in [0.2, 0.25) is 0 Å². The zero-order valence-electron chi connectivity index (χ0n) is 14.4. The Balaban J connectivity index is 2.37. The van der Waals surface area contributed by atoms with Crippen LogP contribution >= 0.6 is 0 Å². The summed E-state index contributed by atoms with van der Waals surface area (Å²) in [5, 5.41) is 0. The van der Waals surface area contributed by atoms with Crippen molar-refractivity contribution in [1.82, 2.24) is 0 Å². The quantitative estimate of drug-likeness (QED) is 0.428. The molecule has 0 N–H and O–H groups in total. The molecule has 0 nitrogen and oxygen atoms in total. The van der Waals surface area contributed by atoms with Gasteiger partial charge in [-0.15, -0.1) is 0 Å². The molecule has 0 heterocycles. The van der Waals surface area contributed by atoms with Crippen molar-refractivity contribution in [1.29, 1.82) is 0 Å². The Labute approximate surface area is 136 Å². The van der Waals surface area contributed by atoms with Crippen molar-refractivity contribution in [2.24, 2.45) is 0 Å². The van der Waals surface area contributed by atoms with Crippen LogP contribution in [0.25, 0.3) is 0 Å². The van der Waals surface area contributed by atoms with Gasteiger partial charge in [-0.05, 0) is 0 Å². The molecule has 2 aliphatic rings. The summed E-state index contributed by atoms with van der Waals surface area (Å²) in [6.07, 6.45) is 27.5. The van der Waals surface area contributed by atoms with Gasteiger partial charge in [0.05, 0.1) is 0 Å². The average Bonchev–Trinajstić information content (AvgIpc) is 3.14. The Bertz CT molecular complexity index is 396. The zero-order valence-corrected chi connectivity index (χ0v) is 16.8. The van der Waals surface area contributed by atoms with Crippen molar-refractivity contribution in [2.45, 2.75) is 67.9 Å². The number of allylic oxidation sites excluding steroid dienone is 8. The molecule has 0 saturated heterocycles. The van der Waals surface area contributed by atoms with Crippen molar-refractivity contribution >= 4 is 0 Å². The summed E-state index contributed by atoms with van der Waals surface area (Å²) in [4.78, 5) is 0. The first-order valence-electron chi connectivity index (χ1n) is 8.78. The van der Waals surface area contributed by atoms with E-state index in [1.165, 1.54) is 38.5 Å². The van der Waals surface area contributed by atoms with Gasteiger partial charge in [0, 0.05) is 0 Å². The fourth-order valence-electron chi connectivity index (χ4n) is 4.18. The van der Waals surface area contributed by atoms with Crippen molar-refractivity contribution in [3.8, 4) is 0 Å². The second-order valence-electron chi connectivity index (χ2n) is 7.35. The average molecular weight is 364 g/mol. The van der Waals surface area contributed by atoms with Gasteiger partial charge in [-0.2, -0.15) is 0 Å². The normalized spacial score (nSPS) is 21.5. The van der Waals surface area contributed by atoms with E-state index in [1.807, 2.05) is 0 Å². The molecule has 2 rings (SSSR count). The van der Waals surface area contributed by atoms with Crippen LogP contribution in [-0.4, -0.2) is 0 Å². The molecule has 21 heavy (non-hydrogen) atoms. The summed E-state index contributed by atoms with van der Waals surface area (Å²) >= 11 is -2.46. The van der Waals surface area contributed by atoms with Crippen LogP contribution in [0.15, 0.2) is 48.6 Å². The zero-order chi connectivity index (χ0) is 15.4. The van der Waals surface area contributed by atoms with E-state index in [4.69, 9.17) is 0 Å². The van der Waals surface area contributed by atoms with Crippen molar-refractivity contribution < 1.29 is 20.3 Å². The predicted octanol–water partition coefficient (Wildman–Crippen LogP) is 7.19. The van der Waals surface area contributed by atoms with Gasteiger partial charge in [-0.1, -0.05) is 0 Å². The van der Waals surface area contributed by atoms with Crippen molar-refractivity contribution in [3.63, 3.8) is 0 Å². The molecule has 0 atom stereocenters. The minimum atomic E-state index is -2.46. The number of hydrogen-bond acceptors (Lipinski definition) is 0. The van der Waals surface area contributed by atoms with Crippen LogP contribution in [0, 0.1) is 0 Å². The van der Waals surface area contributed by atoms with Crippen LogP contribution in [0.2, 0.25) is 15.5 Å². The van der Waals surface area contributed by atoms with Crippen molar-refractivity contribution in [2.75, 3.05) is 0 Å². The Morgan fingerprint density at radius 2 is 1.00 bits per heavy atom. The topological polar surface area (TPSA) is 0 Å². The summed E-state index contributed by atoms with van der Waals surface area (Å²) in [5.74, 6) is 0.